The highest BCUT2D eigenvalue weighted by atomic mass is 16.3. The number of pyridine rings is 1. The Hall–Kier alpha value is -1.57. The van der Waals surface area contributed by atoms with E-state index < -0.39 is 0 Å². The zero-order chi connectivity index (χ0) is 10.8. The molecule has 1 aromatic rings. The normalized spacial score (nSPS) is 16.5. The predicted molar refractivity (Wildman–Crippen MR) is 61.5 cm³/mol. The average Bonchev–Trinajstić information content (AvgIpc) is 2.17. The lowest BCUT2D eigenvalue weighted by molar-refractivity contribution is 0.431. The van der Waals surface area contributed by atoms with Crippen LogP contribution in [0.25, 0.3) is 5.57 Å². The zero-order valence-electron chi connectivity index (χ0n) is 9.12. The number of aliphatic hydroxyl groups is 1. The van der Waals surface area contributed by atoms with Crippen molar-refractivity contribution in [2.45, 2.75) is 26.7 Å². The molecule has 0 bridgehead atoms. The molecule has 1 heterocycles. The second-order valence-corrected chi connectivity index (χ2v) is 3.95. The Morgan fingerprint density at radius 1 is 1.27 bits per heavy atom. The van der Waals surface area contributed by atoms with Crippen molar-refractivity contribution in [1.29, 1.82) is 0 Å². The van der Waals surface area contributed by atoms with Crippen molar-refractivity contribution in [3.63, 3.8) is 0 Å². The first-order valence-corrected chi connectivity index (χ1v) is 5.22. The van der Waals surface area contributed by atoms with Crippen LogP contribution in [-0.2, 0) is 0 Å². The summed E-state index contributed by atoms with van der Waals surface area (Å²) in [6.45, 7) is 4.02. The van der Waals surface area contributed by atoms with Crippen molar-refractivity contribution in [2.24, 2.45) is 0 Å². The summed E-state index contributed by atoms with van der Waals surface area (Å²) in [5.41, 5.74) is 3.98. The lowest BCUT2D eigenvalue weighted by Gasteiger charge is -2.15. The summed E-state index contributed by atoms with van der Waals surface area (Å²) in [4.78, 5) is 4.44. The van der Waals surface area contributed by atoms with Crippen LogP contribution in [0.15, 0.2) is 35.6 Å². The van der Waals surface area contributed by atoms with Crippen LogP contribution in [0, 0.1) is 6.92 Å². The van der Waals surface area contributed by atoms with Gasteiger partial charge in [-0.05, 0) is 44.9 Å². The molecule has 2 heteroatoms. The molecule has 0 saturated heterocycles. The van der Waals surface area contributed by atoms with Gasteiger partial charge in [0.25, 0.3) is 0 Å². The number of hydrogen-bond donors (Lipinski definition) is 1. The van der Waals surface area contributed by atoms with Crippen molar-refractivity contribution in [3.8, 4) is 0 Å². The summed E-state index contributed by atoms with van der Waals surface area (Å²) in [5.74, 6) is 0.372. The molecular weight excluding hydrogens is 186 g/mol. The van der Waals surface area contributed by atoms with Crippen LogP contribution in [0.2, 0.25) is 0 Å². The number of aryl methyl sites for hydroxylation is 1. The van der Waals surface area contributed by atoms with E-state index in [1.54, 1.807) is 0 Å². The van der Waals surface area contributed by atoms with Crippen molar-refractivity contribution in [2.75, 3.05) is 0 Å². The molecule has 0 aliphatic heterocycles. The summed E-state index contributed by atoms with van der Waals surface area (Å²) < 4.78 is 0. The predicted octanol–water partition coefficient (Wildman–Crippen LogP) is 3.40. The number of hydrogen-bond acceptors (Lipinski definition) is 2. The molecule has 0 unspecified atom stereocenters. The summed E-state index contributed by atoms with van der Waals surface area (Å²) in [5, 5.41) is 9.85. The SMILES string of the molecule is CC1=C(c2cccc(C)n2)C(O)=CCC1. The van der Waals surface area contributed by atoms with Crippen LogP contribution < -0.4 is 0 Å². The van der Waals surface area contributed by atoms with Crippen molar-refractivity contribution in [3.05, 3.63) is 47.0 Å². The minimum absolute atomic E-state index is 0.372. The molecule has 0 atom stereocenters. The van der Waals surface area contributed by atoms with Gasteiger partial charge in [-0.15, -0.1) is 0 Å². The minimum Gasteiger partial charge on any atom is -0.508 e. The lowest BCUT2D eigenvalue weighted by atomic mass is 9.94. The molecule has 0 amide bonds. The Morgan fingerprint density at radius 3 is 2.73 bits per heavy atom. The van der Waals surface area contributed by atoms with Crippen LogP contribution in [0.4, 0.5) is 0 Å². The molecule has 1 aliphatic carbocycles. The smallest absolute Gasteiger partial charge is 0.120 e. The first-order chi connectivity index (χ1) is 7.18. The molecule has 2 rings (SSSR count). The first-order valence-electron chi connectivity index (χ1n) is 5.22. The number of nitrogens with zero attached hydrogens (tertiary/aromatic N) is 1. The maximum absolute atomic E-state index is 9.85. The standard InChI is InChI=1S/C13H15NO/c1-9-5-3-8-12(15)13(9)11-7-4-6-10(2)14-11/h4,6-8,15H,3,5H2,1-2H3. The topological polar surface area (TPSA) is 33.1 Å². The first kappa shape index (κ1) is 9.97. The van der Waals surface area contributed by atoms with E-state index in [9.17, 15) is 5.11 Å². The fourth-order valence-electron chi connectivity index (χ4n) is 1.90. The third kappa shape index (κ3) is 1.94. The summed E-state index contributed by atoms with van der Waals surface area (Å²) in [7, 11) is 0. The fraction of sp³-hybridized carbons (Fsp3) is 0.308. The third-order valence-corrected chi connectivity index (χ3v) is 2.68. The molecule has 0 aromatic carbocycles. The second kappa shape index (κ2) is 3.89. The van der Waals surface area contributed by atoms with Gasteiger partial charge in [0.05, 0.1) is 5.69 Å². The van der Waals surface area contributed by atoms with Crippen LogP contribution in [0.5, 0.6) is 0 Å². The van der Waals surface area contributed by atoms with E-state index >= 15 is 0 Å². The molecule has 0 saturated carbocycles. The lowest BCUT2D eigenvalue weighted by Crippen LogP contribution is -2.01. The summed E-state index contributed by atoms with van der Waals surface area (Å²) in [6.07, 6.45) is 3.80. The number of aliphatic hydroxyl groups excluding tert-OH is 1. The van der Waals surface area contributed by atoms with E-state index in [-0.39, 0.29) is 0 Å². The Labute approximate surface area is 90.0 Å². The van der Waals surface area contributed by atoms with E-state index in [4.69, 9.17) is 0 Å². The van der Waals surface area contributed by atoms with E-state index in [1.165, 1.54) is 5.57 Å². The monoisotopic (exact) mass is 201 g/mol. The van der Waals surface area contributed by atoms with Gasteiger partial charge in [0.1, 0.15) is 5.76 Å². The van der Waals surface area contributed by atoms with Gasteiger partial charge in [-0.1, -0.05) is 11.6 Å². The van der Waals surface area contributed by atoms with Gasteiger partial charge in [0.15, 0.2) is 0 Å². The summed E-state index contributed by atoms with van der Waals surface area (Å²) >= 11 is 0. The molecule has 1 aromatic heterocycles. The highest BCUT2D eigenvalue weighted by molar-refractivity contribution is 5.78. The van der Waals surface area contributed by atoms with E-state index in [2.05, 4.69) is 11.9 Å². The van der Waals surface area contributed by atoms with Crippen LogP contribution in [0.1, 0.15) is 31.2 Å². The van der Waals surface area contributed by atoms with Gasteiger partial charge in [-0.25, -0.2) is 0 Å². The molecular formula is C13H15NO. The Bertz CT molecular complexity index is 444. The van der Waals surface area contributed by atoms with Gasteiger partial charge < -0.3 is 5.11 Å². The largest absolute Gasteiger partial charge is 0.508 e. The van der Waals surface area contributed by atoms with Gasteiger partial charge >= 0.3 is 0 Å². The molecule has 15 heavy (non-hydrogen) atoms. The maximum Gasteiger partial charge on any atom is 0.120 e. The van der Waals surface area contributed by atoms with E-state index in [1.807, 2.05) is 31.2 Å². The average molecular weight is 201 g/mol. The van der Waals surface area contributed by atoms with Crippen LogP contribution in [-0.4, -0.2) is 10.1 Å². The molecule has 0 fully saturated rings. The second-order valence-electron chi connectivity index (χ2n) is 3.95. The van der Waals surface area contributed by atoms with E-state index in [0.717, 1.165) is 29.8 Å². The van der Waals surface area contributed by atoms with Crippen molar-refractivity contribution >= 4 is 5.57 Å². The highest BCUT2D eigenvalue weighted by Crippen LogP contribution is 2.30. The van der Waals surface area contributed by atoms with Gasteiger partial charge in [-0.3, -0.25) is 4.98 Å². The Kier molecular flexibility index (Phi) is 2.58. The van der Waals surface area contributed by atoms with Crippen molar-refractivity contribution < 1.29 is 5.11 Å². The van der Waals surface area contributed by atoms with Crippen molar-refractivity contribution in [1.82, 2.24) is 4.98 Å². The minimum atomic E-state index is 0.372. The number of aromatic nitrogens is 1. The number of allylic oxidation sites excluding steroid dienone is 3. The maximum atomic E-state index is 9.85. The summed E-state index contributed by atoms with van der Waals surface area (Å²) in [6, 6.07) is 5.88. The van der Waals surface area contributed by atoms with Crippen LogP contribution >= 0.6 is 0 Å². The molecule has 2 nitrogen and oxygen atoms in total. The molecule has 78 valence electrons. The third-order valence-electron chi connectivity index (χ3n) is 2.68. The molecule has 1 aliphatic rings. The fourth-order valence-corrected chi connectivity index (χ4v) is 1.90. The highest BCUT2D eigenvalue weighted by Gasteiger charge is 2.15. The Balaban J connectivity index is 2.50. The van der Waals surface area contributed by atoms with Gasteiger partial charge in [-0.2, -0.15) is 0 Å². The van der Waals surface area contributed by atoms with Gasteiger partial charge in [0.2, 0.25) is 0 Å². The molecule has 0 spiro atoms. The van der Waals surface area contributed by atoms with E-state index in [0.29, 0.717) is 5.76 Å². The Morgan fingerprint density at radius 2 is 2.07 bits per heavy atom. The molecule has 1 N–H and O–H groups in total. The quantitative estimate of drug-likeness (QED) is 0.755. The zero-order valence-corrected chi connectivity index (χ0v) is 9.12. The van der Waals surface area contributed by atoms with Crippen LogP contribution in [0.3, 0.4) is 0 Å². The molecule has 0 radical (unpaired) electrons. The number of rotatable bonds is 1. The van der Waals surface area contributed by atoms with Gasteiger partial charge in [0, 0.05) is 11.3 Å².